The molecule has 4 N–H and O–H groups in total. The highest BCUT2D eigenvalue weighted by atomic mass is 16.7. The number of allylic oxidation sites excluding steroid dienone is 9. The number of hydrogen-bond acceptors (Lipinski definition) is 9. The van der Waals surface area contributed by atoms with Crippen molar-refractivity contribution in [3.63, 3.8) is 0 Å². The Kier molecular flexibility index (Phi) is 24.7. The van der Waals surface area contributed by atoms with Crippen molar-refractivity contribution in [1.82, 2.24) is 0 Å². The van der Waals surface area contributed by atoms with Crippen LogP contribution in [0.15, 0.2) is 60.8 Å². The first-order valence-corrected chi connectivity index (χ1v) is 16.4. The summed E-state index contributed by atoms with van der Waals surface area (Å²) in [5.74, 6) is -0.447. The summed E-state index contributed by atoms with van der Waals surface area (Å²) in [6.45, 7) is 4.22. The summed E-state index contributed by atoms with van der Waals surface area (Å²) < 4.78 is 22.3. The fraction of sp³-hybridized carbons (Fsp3) is 0.686. The lowest BCUT2D eigenvalue weighted by Gasteiger charge is -2.39. The Morgan fingerprint density at radius 3 is 1.89 bits per heavy atom. The lowest BCUT2D eigenvalue weighted by Crippen LogP contribution is -2.59. The van der Waals surface area contributed by atoms with Gasteiger partial charge < -0.3 is 39.4 Å². The molecule has 0 spiro atoms. The molecule has 0 aromatic carbocycles. The van der Waals surface area contributed by atoms with E-state index in [2.05, 4.69) is 56.4 Å². The molecule has 0 aromatic heterocycles. The third-order valence-corrected chi connectivity index (χ3v) is 6.98. The van der Waals surface area contributed by atoms with Gasteiger partial charge in [0.25, 0.3) is 0 Å². The Hall–Kier alpha value is -2.11. The molecule has 1 aliphatic heterocycles. The molecule has 0 aromatic rings. The first kappa shape index (κ1) is 39.9. The maximum absolute atomic E-state index is 12.5. The number of esters is 1. The lowest BCUT2D eigenvalue weighted by atomic mass is 9.99. The van der Waals surface area contributed by atoms with Gasteiger partial charge in [0.1, 0.15) is 30.5 Å². The molecule has 1 fully saturated rings. The molecule has 0 aliphatic carbocycles. The van der Waals surface area contributed by atoms with Gasteiger partial charge in [-0.15, -0.1) is 0 Å². The second-order valence-corrected chi connectivity index (χ2v) is 10.9. The van der Waals surface area contributed by atoms with Gasteiger partial charge in [-0.05, 0) is 38.5 Å². The topological polar surface area (TPSA) is 135 Å². The Morgan fingerprint density at radius 2 is 1.30 bits per heavy atom. The van der Waals surface area contributed by atoms with E-state index in [1.165, 1.54) is 19.3 Å². The summed E-state index contributed by atoms with van der Waals surface area (Å²) in [5.41, 5.74) is 0. The van der Waals surface area contributed by atoms with Gasteiger partial charge in [0.05, 0.1) is 26.2 Å². The van der Waals surface area contributed by atoms with Crippen LogP contribution in [-0.2, 0) is 23.7 Å². The van der Waals surface area contributed by atoms with Crippen LogP contribution in [0.1, 0.15) is 90.9 Å². The van der Waals surface area contributed by atoms with Crippen molar-refractivity contribution in [3.8, 4) is 0 Å². The number of aliphatic hydroxyl groups is 4. The molecule has 44 heavy (non-hydrogen) atoms. The summed E-state index contributed by atoms with van der Waals surface area (Å²) >= 11 is 0. The molecular formula is C35H58O9. The molecule has 0 radical (unpaired) electrons. The normalized spacial score (nSPS) is 23.6. The Morgan fingerprint density at radius 1 is 0.727 bits per heavy atom. The van der Waals surface area contributed by atoms with E-state index < -0.39 is 49.4 Å². The Labute approximate surface area is 264 Å². The highest BCUT2D eigenvalue weighted by Gasteiger charge is 2.44. The minimum absolute atomic E-state index is 0.0848. The molecule has 0 amide bonds. The monoisotopic (exact) mass is 622 g/mol. The van der Waals surface area contributed by atoms with Gasteiger partial charge in [0.15, 0.2) is 6.29 Å². The van der Waals surface area contributed by atoms with Crippen LogP contribution in [0.4, 0.5) is 0 Å². The highest BCUT2D eigenvalue weighted by Crippen LogP contribution is 2.22. The van der Waals surface area contributed by atoms with Crippen LogP contribution in [-0.4, -0.2) is 89.6 Å². The van der Waals surface area contributed by atoms with Crippen LogP contribution in [0, 0.1) is 0 Å². The molecule has 1 saturated heterocycles. The van der Waals surface area contributed by atoms with Crippen LogP contribution in [0.25, 0.3) is 0 Å². The number of carbonyl (C=O) groups excluding carboxylic acids is 1. The zero-order valence-electron chi connectivity index (χ0n) is 26.9. The first-order valence-electron chi connectivity index (χ1n) is 16.4. The van der Waals surface area contributed by atoms with Gasteiger partial charge in [-0.25, -0.2) is 0 Å². The van der Waals surface area contributed by atoms with Crippen LogP contribution in [0.2, 0.25) is 0 Å². The molecule has 6 atom stereocenters. The van der Waals surface area contributed by atoms with Gasteiger partial charge in [-0.1, -0.05) is 107 Å². The average Bonchev–Trinajstić information content (AvgIpc) is 3.02. The van der Waals surface area contributed by atoms with E-state index >= 15 is 0 Å². The SMILES string of the molecule is CC/C=C\C/C=C\C/C=C\C/C=C\C/C=C\CC(=O)OC(COCCCCCCCC)COC1OC(CO)C(O)C(O)C1O. The predicted octanol–water partition coefficient (Wildman–Crippen LogP) is 5.23. The quantitative estimate of drug-likeness (QED) is 0.0613. The van der Waals surface area contributed by atoms with Gasteiger partial charge in [-0.2, -0.15) is 0 Å². The molecule has 0 bridgehead atoms. The van der Waals surface area contributed by atoms with Crippen molar-refractivity contribution >= 4 is 5.97 Å². The third-order valence-electron chi connectivity index (χ3n) is 6.98. The zero-order valence-corrected chi connectivity index (χ0v) is 26.9. The van der Waals surface area contributed by atoms with Crippen LogP contribution < -0.4 is 0 Å². The minimum atomic E-state index is -1.55. The Balaban J connectivity index is 2.45. The number of carbonyl (C=O) groups is 1. The number of ether oxygens (including phenoxy) is 4. The third kappa shape index (κ3) is 19.3. The van der Waals surface area contributed by atoms with Crippen molar-refractivity contribution in [2.24, 2.45) is 0 Å². The molecule has 0 saturated carbocycles. The molecule has 1 rings (SSSR count). The summed E-state index contributed by atoms with van der Waals surface area (Å²) in [6.07, 6.45) is 24.4. The maximum atomic E-state index is 12.5. The molecule has 9 nitrogen and oxygen atoms in total. The van der Waals surface area contributed by atoms with E-state index in [-0.39, 0.29) is 19.6 Å². The van der Waals surface area contributed by atoms with Crippen molar-refractivity contribution in [1.29, 1.82) is 0 Å². The second-order valence-electron chi connectivity index (χ2n) is 10.9. The van der Waals surface area contributed by atoms with E-state index in [0.29, 0.717) is 13.0 Å². The lowest BCUT2D eigenvalue weighted by molar-refractivity contribution is -0.305. The van der Waals surface area contributed by atoms with Crippen molar-refractivity contribution in [2.75, 3.05) is 26.4 Å². The Bertz CT molecular complexity index is 849. The highest BCUT2D eigenvalue weighted by molar-refractivity contribution is 5.71. The van der Waals surface area contributed by atoms with Crippen molar-refractivity contribution in [3.05, 3.63) is 60.8 Å². The zero-order chi connectivity index (χ0) is 32.3. The van der Waals surface area contributed by atoms with Gasteiger partial charge in [0, 0.05) is 6.61 Å². The van der Waals surface area contributed by atoms with E-state index in [9.17, 15) is 25.2 Å². The van der Waals surface area contributed by atoms with Crippen molar-refractivity contribution < 1.29 is 44.2 Å². The van der Waals surface area contributed by atoms with E-state index in [1.54, 1.807) is 6.08 Å². The molecule has 1 aliphatic rings. The van der Waals surface area contributed by atoms with Gasteiger partial charge in [0.2, 0.25) is 0 Å². The molecular weight excluding hydrogens is 564 g/mol. The van der Waals surface area contributed by atoms with Gasteiger partial charge in [-0.3, -0.25) is 4.79 Å². The van der Waals surface area contributed by atoms with Crippen LogP contribution in [0.5, 0.6) is 0 Å². The number of aliphatic hydroxyl groups excluding tert-OH is 4. The predicted molar refractivity (Wildman–Crippen MR) is 173 cm³/mol. The maximum Gasteiger partial charge on any atom is 0.310 e. The molecule has 9 heteroatoms. The summed E-state index contributed by atoms with van der Waals surface area (Å²) in [4.78, 5) is 12.5. The van der Waals surface area contributed by atoms with Crippen LogP contribution in [0.3, 0.4) is 0 Å². The summed E-state index contributed by atoms with van der Waals surface area (Å²) in [5, 5.41) is 39.7. The first-order chi connectivity index (χ1) is 21.4. The van der Waals surface area contributed by atoms with Crippen LogP contribution >= 0.6 is 0 Å². The molecule has 252 valence electrons. The van der Waals surface area contributed by atoms with Crippen molar-refractivity contribution in [2.45, 2.75) is 128 Å². The summed E-state index contributed by atoms with van der Waals surface area (Å²) in [7, 11) is 0. The van der Waals surface area contributed by atoms with E-state index in [1.807, 2.05) is 12.2 Å². The fourth-order valence-electron chi connectivity index (χ4n) is 4.39. The smallest absolute Gasteiger partial charge is 0.310 e. The average molecular weight is 623 g/mol. The second kappa shape index (κ2) is 27.2. The largest absolute Gasteiger partial charge is 0.457 e. The standard InChI is InChI=1S/C35H58O9/c1-3-5-7-9-11-12-13-14-15-16-17-18-19-20-22-24-31(37)43-29(27-41-25-23-21-10-8-6-4-2)28-42-35-34(40)33(39)32(38)30(26-36)44-35/h5,7,11-12,14-15,17-18,20,22,29-30,32-36,38-40H,3-4,6,8-10,13,16,19,21,23-28H2,1-2H3/b7-5-,12-11-,15-14-,18-17-,22-20-. The summed E-state index contributed by atoms with van der Waals surface area (Å²) in [6, 6.07) is 0. The number of hydrogen-bond donors (Lipinski definition) is 4. The number of rotatable bonds is 25. The molecule has 1 heterocycles. The van der Waals surface area contributed by atoms with E-state index in [4.69, 9.17) is 18.9 Å². The number of unbranched alkanes of at least 4 members (excludes halogenated alkanes) is 5. The fourth-order valence-corrected chi connectivity index (χ4v) is 4.39. The van der Waals surface area contributed by atoms with E-state index in [0.717, 1.165) is 44.9 Å². The molecule has 6 unspecified atom stereocenters. The van der Waals surface area contributed by atoms with Gasteiger partial charge >= 0.3 is 5.97 Å². The minimum Gasteiger partial charge on any atom is -0.457 e.